The third-order valence-corrected chi connectivity index (χ3v) is 5.19. The molecule has 1 aromatic carbocycles. The first-order chi connectivity index (χ1) is 9.76. The monoisotopic (exact) mass is 272 g/mol. The van der Waals surface area contributed by atoms with Crippen LogP contribution in [0.3, 0.4) is 0 Å². The van der Waals surface area contributed by atoms with E-state index in [9.17, 15) is 0 Å². The zero-order valence-electron chi connectivity index (χ0n) is 12.7. The molecule has 2 N–H and O–H groups in total. The molecule has 0 amide bonds. The summed E-state index contributed by atoms with van der Waals surface area (Å²) in [7, 11) is 0. The van der Waals surface area contributed by atoms with Gasteiger partial charge in [0, 0.05) is 24.3 Å². The highest BCUT2D eigenvalue weighted by Gasteiger charge is 2.35. The summed E-state index contributed by atoms with van der Waals surface area (Å²) in [4.78, 5) is 2.78. The molecule has 0 bridgehead atoms. The fraction of sp³-hybridized carbons (Fsp3) is 0.667. The smallest absolute Gasteiger partial charge is 0.0317 e. The van der Waals surface area contributed by atoms with Crippen LogP contribution in [-0.4, -0.2) is 17.0 Å². The van der Waals surface area contributed by atoms with Crippen LogP contribution in [0.5, 0.6) is 0 Å². The maximum atomic E-state index is 5.92. The molecule has 1 aromatic rings. The van der Waals surface area contributed by atoms with Crippen molar-refractivity contribution in [3.8, 4) is 0 Å². The Labute approximate surface area is 123 Å². The Morgan fingerprint density at radius 3 is 2.25 bits per heavy atom. The largest absolute Gasteiger partial charge is 0.399 e. The van der Waals surface area contributed by atoms with Gasteiger partial charge in [-0.3, -0.25) is 4.90 Å². The molecule has 2 aliphatic rings. The number of nitrogens with zero attached hydrogens (tertiary/aromatic N) is 1. The summed E-state index contributed by atoms with van der Waals surface area (Å²) in [6.45, 7) is 3.44. The minimum Gasteiger partial charge on any atom is -0.399 e. The first kappa shape index (κ1) is 13.9. The molecule has 0 aliphatic heterocycles. The van der Waals surface area contributed by atoms with E-state index in [-0.39, 0.29) is 0 Å². The molecule has 2 fully saturated rings. The van der Waals surface area contributed by atoms with E-state index in [0.29, 0.717) is 0 Å². The molecular weight excluding hydrogens is 244 g/mol. The van der Waals surface area contributed by atoms with Gasteiger partial charge in [0.2, 0.25) is 0 Å². The zero-order valence-corrected chi connectivity index (χ0v) is 12.7. The van der Waals surface area contributed by atoms with Crippen molar-refractivity contribution in [3.63, 3.8) is 0 Å². The number of hydrogen-bond donors (Lipinski definition) is 1. The summed E-state index contributed by atoms with van der Waals surface area (Å²) >= 11 is 0. The Morgan fingerprint density at radius 2 is 1.70 bits per heavy atom. The second kappa shape index (κ2) is 6.17. The average Bonchev–Trinajstić information content (AvgIpc) is 3.30. The van der Waals surface area contributed by atoms with E-state index < -0.39 is 0 Å². The highest BCUT2D eigenvalue weighted by atomic mass is 15.2. The van der Waals surface area contributed by atoms with Crippen LogP contribution in [0.2, 0.25) is 0 Å². The highest BCUT2D eigenvalue weighted by Crippen LogP contribution is 2.37. The molecule has 0 unspecified atom stereocenters. The van der Waals surface area contributed by atoms with Crippen LogP contribution in [0.4, 0.5) is 5.69 Å². The van der Waals surface area contributed by atoms with Gasteiger partial charge in [-0.25, -0.2) is 0 Å². The van der Waals surface area contributed by atoms with Crippen molar-refractivity contribution in [2.24, 2.45) is 5.92 Å². The topological polar surface area (TPSA) is 29.3 Å². The van der Waals surface area contributed by atoms with Crippen molar-refractivity contribution in [1.29, 1.82) is 0 Å². The third kappa shape index (κ3) is 3.35. The summed E-state index contributed by atoms with van der Waals surface area (Å²) in [5, 5.41) is 0. The lowest BCUT2D eigenvalue weighted by Gasteiger charge is -2.37. The maximum Gasteiger partial charge on any atom is 0.0317 e. The molecule has 0 spiro atoms. The van der Waals surface area contributed by atoms with Crippen LogP contribution in [0.1, 0.15) is 57.4 Å². The Kier molecular flexibility index (Phi) is 4.30. The summed E-state index contributed by atoms with van der Waals surface area (Å²) in [6.07, 6.45) is 9.83. The molecule has 0 radical (unpaired) electrons. The normalized spacial score (nSPS) is 26.9. The molecule has 2 heteroatoms. The van der Waals surface area contributed by atoms with Crippen molar-refractivity contribution in [2.75, 3.05) is 5.73 Å². The number of rotatable bonds is 5. The molecule has 0 saturated heterocycles. The lowest BCUT2D eigenvalue weighted by molar-refractivity contribution is 0.120. The molecule has 3 rings (SSSR count). The SMILES string of the molecule is CCC1CCC(N(Cc2cccc(N)c2)C2CC2)CC1. The molecule has 0 atom stereocenters. The van der Waals surface area contributed by atoms with Crippen LogP contribution < -0.4 is 5.73 Å². The quantitative estimate of drug-likeness (QED) is 0.814. The third-order valence-electron chi connectivity index (χ3n) is 5.19. The predicted molar refractivity (Wildman–Crippen MR) is 85.5 cm³/mol. The van der Waals surface area contributed by atoms with Gasteiger partial charge in [-0.1, -0.05) is 25.5 Å². The Morgan fingerprint density at radius 1 is 1.05 bits per heavy atom. The first-order valence-corrected chi connectivity index (χ1v) is 8.36. The van der Waals surface area contributed by atoms with Gasteiger partial charge in [0.15, 0.2) is 0 Å². The second-order valence-electron chi connectivity index (χ2n) is 6.73. The van der Waals surface area contributed by atoms with Crippen molar-refractivity contribution in [3.05, 3.63) is 29.8 Å². The first-order valence-electron chi connectivity index (χ1n) is 8.36. The highest BCUT2D eigenvalue weighted by molar-refractivity contribution is 5.40. The molecule has 110 valence electrons. The molecule has 2 aliphatic carbocycles. The number of nitrogens with two attached hydrogens (primary N) is 1. The number of anilines is 1. The van der Waals surface area contributed by atoms with Gasteiger partial charge in [0.05, 0.1) is 0 Å². The van der Waals surface area contributed by atoms with E-state index in [4.69, 9.17) is 5.73 Å². The fourth-order valence-electron chi connectivity index (χ4n) is 3.75. The summed E-state index contributed by atoms with van der Waals surface area (Å²) in [6, 6.07) is 10.1. The standard InChI is InChI=1S/C18H28N2/c1-2-14-6-8-17(9-7-14)20(18-10-11-18)13-15-4-3-5-16(19)12-15/h3-5,12,14,17-18H,2,6-11,13,19H2,1H3. The Bertz CT molecular complexity index is 431. The minimum absolute atomic E-state index is 0.812. The molecule has 0 heterocycles. The minimum atomic E-state index is 0.812. The van der Waals surface area contributed by atoms with Gasteiger partial charge in [-0.15, -0.1) is 0 Å². The van der Waals surface area contributed by atoms with Crippen LogP contribution >= 0.6 is 0 Å². The number of benzene rings is 1. The van der Waals surface area contributed by atoms with Crippen LogP contribution in [0.25, 0.3) is 0 Å². The van der Waals surface area contributed by atoms with Gasteiger partial charge < -0.3 is 5.73 Å². The van der Waals surface area contributed by atoms with Crippen LogP contribution in [0.15, 0.2) is 24.3 Å². The van der Waals surface area contributed by atoms with E-state index in [1.807, 2.05) is 6.07 Å². The Balaban J connectivity index is 1.64. The second-order valence-corrected chi connectivity index (χ2v) is 6.73. The van der Waals surface area contributed by atoms with Crippen LogP contribution in [-0.2, 0) is 6.54 Å². The fourth-order valence-corrected chi connectivity index (χ4v) is 3.75. The van der Waals surface area contributed by atoms with Crippen molar-refractivity contribution in [1.82, 2.24) is 4.90 Å². The van der Waals surface area contributed by atoms with Crippen molar-refractivity contribution in [2.45, 2.75) is 70.5 Å². The molecule has 2 saturated carbocycles. The lowest BCUT2D eigenvalue weighted by Crippen LogP contribution is -2.39. The summed E-state index contributed by atoms with van der Waals surface area (Å²) in [5.41, 5.74) is 8.20. The van der Waals surface area contributed by atoms with Gasteiger partial charge in [0.1, 0.15) is 0 Å². The average molecular weight is 272 g/mol. The molecular formula is C18H28N2. The predicted octanol–water partition coefficient (Wildman–Crippen LogP) is 4.20. The zero-order chi connectivity index (χ0) is 13.9. The van der Waals surface area contributed by atoms with E-state index >= 15 is 0 Å². The van der Waals surface area contributed by atoms with Gasteiger partial charge in [-0.05, 0) is 62.1 Å². The maximum absolute atomic E-state index is 5.92. The lowest BCUT2D eigenvalue weighted by atomic mass is 9.83. The molecule has 2 nitrogen and oxygen atoms in total. The van der Waals surface area contributed by atoms with Crippen molar-refractivity contribution < 1.29 is 0 Å². The van der Waals surface area contributed by atoms with E-state index in [1.165, 1.54) is 50.5 Å². The van der Waals surface area contributed by atoms with Gasteiger partial charge in [0.25, 0.3) is 0 Å². The molecule has 0 aromatic heterocycles. The molecule has 20 heavy (non-hydrogen) atoms. The summed E-state index contributed by atoms with van der Waals surface area (Å²) in [5.74, 6) is 0.986. The summed E-state index contributed by atoms with van der Waals surface area (Å²) < 4.78 is 0. The van der Waals surface area contributed by atoms with E-state index in [2.05, 4.69) is 30.0 Å². The van der Waals surface area contributed by atoms with E-state index in [1.54, 1.807) is 0 Å². The van der Waals surface area contributed by atoms with E-state index in [0.717, 1.165) is 30.2 Å². The number of nitrogen functional groups attached to an aromatic ring is 1. The van der Waals surface area contributed by atoms with Crippen molar-refractivity contribution >= 4 is 5.69 Å². The van der Waals surface area contributed by atoms with Crippen LogP contribution in [0, 0.1) is 5.92 Å². The Hall–Kier alpha value is -1.02. The number of hydrogen-bond acceptors (Lipinski definition) is 2. The van der Waals surface area contributed by atoms with Gasteiger partial charge in [-0.2, -0.15) is 0 Å². The van der Waals surface area contributed by atoms with Gasteiger partial charge >= 0.3 is 0 Å².